The molecular formula is C14H15N3O3. The van der Waals surface area contributed by atoms with Gasteiger partial charge in [0.15, 0.2) is 5.69 Å². The number of H-pyrrole nitrogens is 1. The molecule has 0 fully saturated rings. The van der Waals surface area contributed by atoms with Crippen molar-refractivity contribution in [1.82, 2.24) is 10.2 Å². The molecule has 0 bridgehead atoms. The lowest BCUT2D eigenvalue weighted by molar-refractivity contribution is -0.136. The van der Waals surface area contributed by atoms with Crippen LogP contribution in [0, 0.1) is 6.92 Å². The van der Waals surface area contributed by atoms with Gasteiger partial charge in [0.05, 0.1) is 0 Å². The Labute approximate surface area is 115 Å². The van der Waals surface area contributed by atoms with Crippen LogP contribution >= 0.6 is 0 Å². The van der Waals surface area contributed by atoms with E-state index in [2.05, 4.69) is 15.5 Å². The molecule has 0 unspecified atom stereocenters. The van der Waals surface area contributed by atoms with E-state index >= 15 is 0 Å². The molecule has 6 nitrogen and oxygen atoms in total. The van der Waals surface area contributed by atoms with Crippen LogP contribution in [-0.2, 0) is 11.2 Å². The van der Waals surface area contributed by atoms with Gasteiger partial charge in [0.25, 0.3) is 5.91 Å². The summed E-state index contributed by atoms with van der Waals surface area (Å²) in [6.45, 7) is 1.82. The summed E-state index contributed by atoms with van der Waals surface area (Å²) in [7, 11) is 0. The van der Waals surface area contributed by atoms with Crippen molar-refractivity contribution in [2.24, 2.45) is 0 Å². The van der Waals surface area contributed by atoms with E-state index in [4.69, 9.17) is 5.11 Å². The maximum absolute atomic E-state index is 11.9. The third-order valence-corrected chi connectivity index (χ3v) is 2.75. The van der Waals surface area contributed by atoms with E-state index in [0.29, 0.717) is 17.8 Å². The molecule has 0 atom stereocenters. The van der Waals surface area contributed by atoms with Crippen LogP contribution < -0.4 is 5.32 Å². The maximum atomic E-state index is 11.9. The van der Waals surface area contributed by atoms with Crippen molar-refractivity contribution in [3.63, 3.8) is 0 Å². The minimum absolute atomic E-state index is 0.0654. The van der Waals surface area contributed by atoms with Crippen molar-refractivity contribution in [2.75, 3.05) is 5.32 Å². The Hall–Kier alpha value is -2.63. The average molecular weight is 273 g/mol. The Morgan fingerprint density at radius 1 is 1.35 bits per heavy atom. The van der Waals surface area contributed by atoms with E-state index in [1.807, 2.05) is 13.0 Å². The molecule has 2 rings (SSSR count). The lowest BCUT2D eigenvalue weighted by atomic mass is 10.1. The zero-order chi connectivity index (χ0) is 14.5. The Morgan fingerprint density at radius 2 is 2.15 bits per heavy atom. The third kappa shape index (κ3) is 3.68. The number of benzene rings is 1. The van der Waals surface area contributed by atoms with Crippen LogP contribution in [0.4, 0.5) is 5.69 Å². The SMILES string of the molecule is Cc1cc(C(=O)Nc2cccc(CCC(=O)O)c2)n[nH]1. The van der Waals surface area contributed by atoms with E-state index in [1.54, 1.807) is 24.3 Å². The summed E-state index contributed by atoms with van der Waals surface area (Å²) in [5.41, 5.74) is 2.62. The zero-order valence-electron chi connectivity index (χ0n) is 11.0. The van der Waals surface area contributed by atoms with Crippen LogP contribution in [0.25, 0.3) is 0 Å². The first-order valence-corrected chi connectivity index (χ1v) is 6.18. The summed E-state index contributed by atoms with van der Waals surface area (Å²) in [4.78, 5) is 22.5. The lowest BCUT2D eigenvalue weighted by Crippen LogP contribution is -2.12. The molecule has 6 heteroatoms. The Kier molecular flexibility index (Phi) is 4.14. The lowest BCUT2D eigenvalue weighted by Gasteiger charge is -2.05. The summed E-state index contributed by atoms with van der Waals surface area (Å²) in [5.74, 6) is -1.14. The minimum atomic E-state index is -0.841. The Morgan fingerprint density at radius 3 is 2.80 bits per heavy atom. The quantitative estimate of drug-likeness (QED) is 0.776. The third-order valence-electron chi connectivity index (χ3n) is 2.75. The molecule has 0 saturated heterocycles. The first kappa shape index (κ1) is 13.8. The van der Waals surface area contributed by atoms with Crippen molar-refractivity contribution < 1.29 is 14.7 Å². The predicted octanol–water partition coefficient (Wildman–Crippen LogP) is 1.99. The van der Waals surface area contributed by atoms with Gasteiger partial charge in [-0.25, -0.2) is 0 Å². The normalized spacial score (nSPS) is 10.2. The summed E-state index contributed by atoms with van der Waals surface area (Å²) >= 11 is 0. The average Bonchev–Trinajstić information content (AvgIpc) is 2.84. The predicted molar refractivity (Wildman–Crippen MR) is 73.7 cm³/mol. The fourth-order valence-corrected chi connectivity index (χ4v) is 1.79. The highest BCUT2D eigenvalue weighted by Gasteiger charge is 2.09. The number of rotatable bonds is 5. The standard InChI is InChI=1S/C14H15N3O3/c1-9-7-12(17-16-9)14(20)15-11-4-2-3-10(8-11)5-6-13(18)19/h2-4,7-8H,5-6H2,1H3,(H,15,20)(H,16,17)(H,18,19). The second kappa shape index (κ2) is 6.01. The van der Waals surface area contributed by atoms with Gasteiger partial charge in [0, 0.05) is 17.8 Å². The van der Waals surface area contributed by atoms with Crippen molar-refractivity contribution >= 4 is 17.6 Å². The molecule has 0 radical (unpaired) electrons. The molecular weight excluding hydrogens is 258 g/mol. The number of hydrogen-bond acceptors (Lipinski definition) is 3. The smallest absolute Gasteiger partial charge is 0.303 e. The van der Waals surface area contributed by atoms with Gasteiger partial charge in [-0.3, -0.25) is 14.7 Å². The molecule has 0 spiro atoms. The van der Waals surface area contributed by atoms with Gasteiger partial charge in [-0.05, 0) is 37.1 Å². The number of aliphatic carboxylic acids is 1. The van der Waals surface area contributed by atoms with Gasteiger partial charge >= 0.3 is 5.97 Å². The number of anilines is 1. The highest BCUT2D eigenvalue weighted by molar-refractivity contribution is 6.02. The fourth-order valence-electron chi connectivity index (χ4n) is 1.79. The highest BCUT2D eigenvalue weighted by Crippen LogP contribution is 2.13. The van der Waals surface area contributed by atoms with E-state index < -0.39 is 5.97 Å². The molecule has 0 aliphatic heterocycles. The van der Waals surface area contributed by atoms with E-state index in [0.717, 1.165) is 11.3 Å². The van der Waals surface area contributed by atoms with E-state index in [-0.39, 0.29) is 12.3 Å². The Bertz CT molecular complexity index is 634. The van der Waals surface area contributed by atoms with Gasteiger partial charge in [-0.2, -0.15) is 5.10 Å². The second-order valence-corrected chi connectivity index (χ2v) is 4.48. The number of carbonyl (C=O) groups is 2. The number of nitrogens with one attached hydrogen (secondary N) is 2. The molecule has 3 N–H and O–H groups in total. The molecule has 2 aromatic rings. The summed E-state index contributed by atoms with van der Waals surface area (Å²) in [6.07, 6.45) is 0.497. The number of nitrogens with zero attached hydrogens (tertiary/aromatic N) is 1. The Balaban J connectivity index is 2.04. The van der Waals surface area contributed by atoms with Gasteiger partial charge in [-0.1, -0.05) is 12.1 Å². The largest absolute Gasteiger partial charge is 0.481 e. The van der Waals surface area contributed by atoms with Crippen molar-refractivity contribution in [3.8, 4) is 0 Å². The van der Waals surface area contributed by atoms with Crippen molar-refractivity contribution in [3.05, 3.63) is 47.3 Å². The topological polar surface area (TPSA) is 95.1 Å². The molecule has 1 amide bonds. The number of carbonyl (C=O) groups excluding carboxylic acids is 1. The van der Waals surface area contributed by atoms with Crippen LogP contribution in [0.1, 0.15) is 28.2 Å². The number of aryl methyl sites for hydroxylation is 2. The monoisotopic (exact) mass is 273 g/mol. The van der Waals surface area contributed by atoms with Crippen molar-refractivity contribution in [2.45, 2.75) is 19.8 Å². The van der Waals surface area contributed by atoms with Crippen LogP contribution in [0.15, 0.2) is 30.3 Å². The minimum Gasteiger partial charge on any atom is -0.481 e. The zero-order valence-corrected chi connectivity index (χ0v) is 11.0. The van der Waals surface area contributed by atoms with Gasteiger partial charge in [-0.15, -0.1) is 0 Å². The van der Waals surface area contributed by atoms with Crippen LogP contribution in [0.5, 0.6) is 0 Å². The first-order chi connectivity index (χ1) is 9.54. The number of carboxylic acids is 1. The van der Waals surface area contributed by atoms with Gasteiger partial charge < -0.3 is 10.4 Å². The number of aromatic amines is 1. The molecule has 0 aliphatic rings. The molecule has 0 saturated carbocycles. The summed E-state index contributed by atoms with van der Waals surface area (Å²) in [6, 6.07) is 8.78. The number of aromatic nitrogens is 2. The fraction of sp³-hybridized carbons (Fsp3) is 0.214. The van der Waals surface area contributed by atoms with Crippen molar-refractivity contribution in [1.29, 1.82) is 0 Å². The number of amides is 1. The number of hydrogen-bond donors (Lipinski definition) is 3. The second-order valence-electron chi connectivity index (χ2n) is 4.48. The highest BCUT2D eigenvalue weighted by atomic mass is 16.4. The number of carboxylic acid groups (broad SMARTS) is 1. The van der Waals surface area contributed by atoms with Crippen LogP contribution in [0.3, 0.4) is 0 Å². The van der Waals surface area contributed by atoms with E-state index in [9.17, 15) is 9.59 Å². The molecule has 1 aromatic heterocycles. The van der Waals surface area contributed by atoms with Crippen LogP contribution in [0.2, 0.25) is 0 Å². The summed E-state index contributed by atoms with van der Waals surface area (Å²) < 4.78 is 0. The summed E-state index contributed by atoms with van der Waals surface area (Å²) in [5, 5.41) is 18.0. The molecule has 1 aromatic carbocycles. The van der Waals surface area contributed by atoms with E-state index in [1.165, 1.54) is 0 Å². The first-order valence-electron chi connectivity index (χ1n) is 6.18. The maximum Gasteiger partial charge on any atom is 0.303 e. The van der Waals surface area contributed by atoms with Gasteiger partial charge in [0.1, 0.15) is 0 Å². The van der Waals surface area contributed by atoms with Gasteiger partial charge in [0.2, 0.25) is 0 Å². The van der Waals surface area contributed by atoms with Crippen LogP contribution in [-0.4, -0.2) is 27.2 Å². The molecule has 0 aliphatic carbocycles. The molecule has 20 heavy (non-hydrogen) atoms. The molecule has 104 valence electrons. The molecule has 1 heterocycles.